The molecule has 0 unspecified atom stereocenters. The molecule has 0 bridgehead atoms. The molecule has 0 aromatic carbocycles. The van der Waals surface area contributed by atoms with E-state index in [4.69, 9.17) is 133 Å². The first-order valence-corrected chi connectivity index (χ1v) is 12.4. The summed E-state index contributed by atoms with van der Waals surface area (Å²) in [6.45, 7) is -1.07. The van der Waals surface area contributed by atoms with E-state index < -0.39 is 102 Å². The summed E-state index contributed by atoms with van der Waals surface area (Å²) in [7, 11) is 106. The highest BCUT2D eigenvalue weighted by molar-refractivity contribution is 14.1. The number of hydrogen-bond donors (Lipinski definition) is 1. The lowest BCUT2D eigenvalue weighted by atomic mass is 8.34. The lowest BCUT2D eigenvalue weighted by Crippen LogP contribution is -2.89. The van der Waals surface area contributed by atoms with Gasteiger partial charge in [0.1, 0.15) is 8.04 Å². The third-order valence-electron chi connectivity index (χ3n) is 6.90. The van der Waals surface area contributed by atoms with Gasteiger partial charge in [-0.1, -0.05) is 0 Å². The summed E-state index contributed by atoms with van der Waals surface area (Å²) in [5, 5.41) is 0. The van der Waals surface area contributed by atoms with Crippen LogP contribution in [0.25, 0.3) is 0 Å². The Morgan fingerprint density at radius 2 is 0.778 bits per heavy atom. The second kappa shape index (κ2) is 18.4. The van der Waals surface area contributed by atoms with Crippen LogP contribution in [0, 0.1) is 0 Å². The zero-order valence-corrected chi connectivity index (χ0v) is 22.6. The molecule has 38 radical (unpaired) electrons. The van der Waals surface area contributed by atoms with Crippen LogP contribution < -0.4 is 3.43 Å². The van der Waals surface area contributed by atoms with Gasteiger partial charge in [0.25, 0.3) is 0 Å². The second-order valence-corrected chi connectivity index (χ2v) is 10.00. The molecule has 36 heteroatoms. The van der Waals surface area contributed by atoms with Gasteiger partial charge in [-0.05, 0) is 28.2 Å². The number of nitrogens with one attached hydrogen (secondary N) is 1. The van der Waals surface area contributed by atoms with Gasteiger partial charge >= 0.3 is 0 Å². The van der Waals surface area contributed by atoms with Crippen molar-refractivity contribution >= 4 is 264 Å². The first-order chi connectivity index (χ1) is 16.8. The molecule has 0 aromatic rings. The van der Waals surface area contributed by atoms with E-state index in [9.17, 15) is 0 Å². The van der Waals surface area contributed by atoms with Crippen LogP contribution in [0.1, 0.15) is 0 Å². The van der Waals surface area contributed by atoms with Gasteiger partial charge in [-0.15, -0.1) is 6.39 Å². The molecule has 118 valence electrons. The second-order valence-electron chi connectivity index (χ2n) is 9.44. The SMILES string of the molecule is [3H]N(I)B(B(B(B([B])[B])B([B])[B])B(B([B])[B])B([B])[B])B(B(B([B])[B])B([B])[B])B(B([B])[B])B([B][B-])B([B-])[B-]. The van der Waals surface area contributed by atoms with E-state index in [0.717, 1.165) is 3.43 Å². The Morgan fingerprint density at radius 3 is 0.944 bits per heavy atom. The van der Waals surface area contributed by atoms with E-state index in [1.54, 1.807) is 22.9 Å². The number of hydrogen-bond acceptors (Lipinski definition) is 1. The molecule has 0 rings (SSSR count). The van der Waals surface area contributed by atoms with Gasteiger partial charge in [0.15, 0.2) is 0 Å². The molecule has 0 fully saturated rings. The fraction of sp³-hybridized carbons (Fsp3) is 0. The first-order valence-electron chi connectivity index (χ1n) is 11.9. The molecule has 0 aromatic heterocycles. The van der Waals surface area contributed by atoms with E-state index in [-0.39, 0.29) is 0 Å². The molecular weight excluding hydrogens is 509 g/mol. The smallest absolute Gasteiger partial charge is 0.129 e. The van der Waals surface area contributed by atoms with Crippen molar-refractivity contribution in [2.45, 2.75) is 0 Å². The van der Waals surface area contributed by atoms with Crippen LogP contribution in [0.2, 0.25) is 1.41 Å². The van der Waals surface area contributed by atoms with Crippen LogP contribution >= 0.6 is 22.9 Å². The predicted octanol–water partition coefficient (Wildman–Crippen LogP) is -12.6. The molecule has 1 nitrogen and oxygen atoms in total. The van der Waals surface area contributed by atoms with Gasteiger partial charge in [-0.2, -0.15) is 0 Å². The van der Waals surface area contributed by atoms with Crippen LogP contribution in [-0.2, 0) is 0 Å². The van der Waals surface area contributed by atoms with E-state index >= 15 is 0 Å². The summed E-state index contributed by atoms with van der Waals surface area (Å²) in [5.74, 6) is 0. The van der Waals surface area contributed by atoms with E-state index in [2.05, 4.69) is 0 Å². The lowest BCUT2D eigenvalue weighted by molar-refractivity contribution is 1.79. The van der Waals surface area contributed by atoms with Gasteiger partial charge in [0.2, 0.25) is 0 Å². The van der Waals surface area contributed by atoms with Crippen LogP contribution in [0.15, 0.2) is 0 Å². The number of rotatable bonds is 17. The average molecular weight is 512 g/mol. The molecule has 0 aliphatic rings. The molecule has 0 saturated heterocycles. The van der Waals surface area contributed by atoms with Gasteiger partial charge in [0, 0.05) is 186 Å². The minimum absolute atomic E-state index is 0.836. The van der Waals surface area contributed by atoms with Crippen molar-refractivity contribution in [2.75, 3.05) is 0 Å². The summed E-state index contributed by atoms with van der Waals surface area (Å²) in [4.78, 5) is 0. The Balaban J connectivity index is 7.77. The van der Waals surface area contributed by atoms with E-state index in [1.807, 2.05) is 0 Å². The van der Waals surface area contributed by atoms with Crippen LogP contribution in [0.3, 0.4) is 0 Å². The van der Waals surface area contributed by atoms with Crippen molar-refractivity contribution in [1.29, 1.82) is 0 Å². The quantitative estimate of drug-likeness (QED) is 0.116. The van der Waals surface area contributed by atoms with Gasteiger partial charge in [0.05, 0.1) is 0 Å². The van der Waals surface area contributed by atoms with Gasteiger partial charge in [-0.25, -0.2) is 0 Å². The molecular formula is HB34IN-3. The molecule has 0 aliphatic heterocycles. The van der Waals surface area contributed by atoms with Crippen LogP contribution in [0.4, 0.5) is 0 Å². The van der Waals surface area contributed by atoms with Crippen molar-refractivity contribution in [3.63, 3.8) is 0 Å². The van der Waals surface area contributed by atoms with Crippen molar-refractivity contribution in [2.24, 2.45) is 0 Å². The Kier molecular flexibility index (Phi) is 18.9. The van der Waals surface area contributed by atoms with Crippen LogP contribution in [0.5, 0.6) is 0 Å². The fourth-order valence-electron chi connectivity index (χ4n) is 5.40. The van der Waals surface area contributed by atoms with Crippen molar-refractivity contribution in [1.82, 2.24) is 3.43 Å². The Labute approximate surface area is 266 Å². The molecule has 0 spiro atoms. The predicted molar refractivity (Wildman–Crippen MR) is 213 cm³/mol. The van der Waals surface area contributed by atoms with Crippen molar-refractivity contribution in [3.8, 4) is 0 Å². The Hall–Kier alpha value is 2.90. The molecule has 0 atom stereocenters. The molecule has 1 N–H and O–H groups in total. The zero-order valence-electron chi connectivity index (χ0n) is 21.5. The maximum Gasteiger partial charge on any atom is 0.129 e. The normalized spacial score (nSPS) is 10.2. The molecule has 0 aliphatic carbocycles. The highest BCUT2D eigenvalue weighted by atomic mass is 127. The first kappa shape index (κ1) is 36.9. The molecule has 0 saturated carbocycles. The highest BCUT2D eigenvalue weighted by Crippen LogP contribution is 2.15. The zero-order chi connectivity index (χ0) is 29.5. The lowest BCUT2D eigenvalue weighted by Gasteiger charge is -2.56. The summed E-state index contributed by atoms with van der Waals surface area (Å²) in [6.07, 6.45) is -15.6. The topological polar surface area (TPSA) is 12.0 Å². The number of halogens is 1. The monoisotopic (exact) mass is 518 g/mol. The van der Waals surface area contributed by atoms with Crippen molar-refractivity contribution in [3.05, 3.63) is 0 Å². The van der Waals surface area contributed by atoms with Gasteiger partial charge < -0.3 is 33.0 Å². The Bertz CT molecular complexity index is 551. The largest absolute Gasteiger partial charge is 0.729 e. The third kappa shape index (κ3) is 10.6. The summed E-state index contributed by atoms with van der Waals surface area (Å²) >= 11 is 1.71. The standard InChI is InChI=1S/B34HIN/c1-18-27(19(2)3)31(26(16)17)33(30(24(12)13)25(14)15)34(36-35)32(28(20(4)5)21(6)7)29(22(8)9)23(10)11/h36H/q-3/i/hT. The molecule has 0 amide bonds. The van der Waals surface area contributed by atoms with Crippen molar-refractivity contribution < 1.29 is 1.41 Å². The third-order valence-corrected chi connectivity index (χ3v) is 7.54. The van der Waals surface area contributed by atoms with E-state index in [1.165, 1.54) is 7.06 Å². The van der Waals surface area contributed by atoms with E-state index in [0.29, 0.717) is 0 Å². The Morgan fingerprint density at radius 1 is 0.528 bits per heavy atom. The summed E-state index contributed by atoms with van der Waals surface area (Å²) in [6, 6.07) is 0. The maximum atomic E-state index is 8.81. The fourth-order valence-corrected chi connectivity index (χ4v) is 6.15. The summed E-state index contributed by atoms with van der Waals surface area (Å²) in [5.41, 5.74) is 0. The maximum absolute atomic E-state index is 8.81. The van der Waals surface area contributed by atoms with Crippen LogP contribution in [-0.4, -0.2) is 241 Å². The minimum Gasteiger partial charge on any atom is -0.729 e. The van der Waals surface area contributed by atoms with Gasteiger partial charge in [-0.3, -0.25) is 7.06 Å². The minimum atomic E-state index is -1.15. The molecule has 0 heterocycles. The highest BCUT2D eigenvalue weighted by Gasteiger charge is 2.53. The molecule has 36 heavy (non-hydrogen) atoms. The average Bonchev–Trinajstić information content (AvgIpc) is 2.68. The summed E-state index contributed by atoms with van der Waals surface area (Å²) < 4.78 is 9.84.